The van der Waals surface area contributed by atoms with Gasteiger partial charge in [-0.15, -0.1) is 6.58 Å². The first-order valence-corrected chi connectivity index (χ1v) is 10.6. The van der Waals surface area contributed by atoms with Crippen LogP contribution in [0.2, 0.25) is 0 Å². The van der Waals surface area contributed by atoms with Crippen molar-refractivity contribution in [3.05, 3.63) is 24.3 Å². The minimum atomic E-state index is -0.531. The number of fused-ring (bicyclic) bond motifs is 5. The van der Waals surface area contributed by atoms with Gasteiger partial charge >= 0.3 is 5.97 Å². The van der Waals surface area contributed by atoms with E-state index in [9.17, 15) is 15.0 Å². The molecule has 150 valence electrons. The first-order chi connectivity index (χ1) is 12.7. The van der Waals surface area contributed by atoms with Crippen LogP contribution < -0.4 is 0 Å². The predicted octanol–water partition coefficient (Wildman–Crippen LogP) is 3.62. The molecule has 0 unspecified atom stereocenters. The summed E-state index contributed by atoms with van der Waals surface area (Å²) in [5, 5.41) is 22.4. The van der Waals surface area contributed by atoms with Crippen LogP contribution in [-0.4, -0.2) is 34.5 Å². The molecule has 0 aliphatic heterocycles. The minimum Gasteiger partial charge on any atom is -0.462 e. The molecule has 0 aromatic rings. The van der Waals surface area contributed by atoms with E-state index < -0.39 is 12.2 Å². The molecule has 0 aromatic heterocycles. The van der Waals surface area contributed by atoms with Gasteiger partial charge < -0.3 is 14.9 Å². The normalized spacial score (nSPS) is 51.4. The highest BCUT2D eigenvalue weighted by atomic mass is 16.5. The van der Waals surface area contributed by atoms with Crippen LogP contribution in [0, 0.1) is 34.5 Å². The maximum absolute atomic E-state index is 11.4. The van der Waals surface area contributed by atoms with Crippen molar-refractivity contribution in [2.75, 3.05) is 0 Å². The Balaban J connectivity index is 1.69. The smallest absolute Gasteiger partial charge is 0.302 e. The summed E-state index contributed by atoms with van der Waals surface area (Å²) in [7, 11) is 0. The fraction of sp³-hybridized carbons (Fsp3) is 0.783. The van der Waals surface area contributed by atoms with E-state index in [1.807, 2.05) is 6.08 Å². The molecule has 4 rings (SSSR count). The van der Waals surface area contributed by atoms with Crippen LogP contribution in [0.1, 0.15) is 59.3 Å². The zero-order chi connectivity index (χ0) is 19.6. The van der Waals surface area contributed by atoms with E-state index in [4.69, 9.17) is 4.74 Å². The molecule has 4 heteroatoms. The lowest BCUT2D eigenvalue weighted by Crippen LogP contribution is -2.59. The lowest BCUT2D eigenvalue weighted by molar-refractivity contribution is -0.158. The molecule has 0 heterocycles. The lowest BCUT2D eigenvalue weighted by atomic mass is 9.46. The number of carbonyl (C=O) groups is 1. The molecular weight excluding hydrogens is 340 g/mol. The van der Waals surface area contributed by atoms with Crippen molar-refractivity contribution in [1.29, 1.82) is 0 Å². The number of ether oxygens (including phenoxy) is 1. The quantitative estimate of drug-likeness (QED) is 0.572. The van der Waals surface area contributed by atoms with Gasteiger partial charge in [0.05, 0.1) is 12.2 Å². The first kappa shape index (κ1) is 19.2. The van der Waals surface area contributed by atoms with Crippen LogP contribution >= 0.6 is 0 Å². The van der Waals surface area contributed by atoms with Gasteiger partial charge in [-0.2, -0.15) is 0 Å². The fourth-order valence-corrected chi connectivity index (χ4v) is 7.49. The van der Waals surface area contributed by atoms with Crippen molar-refractivity contribution in [3.63, 3.8) is 0 Å². The zero-order valence-corrected chi connectivity index (χ0v) is 16.9. The van der Waals surface area contributed by atoms with Crippen LogP contribution in [0.4, 0.5) is 0 Å². The van der Waals surface area contributed by atoms with Crippen molar-refractivity contribution in [3.8, 4) is 0 Å². The predicted molar refractivity (Wildman–Crippen MR) is 104 cm³/mol. The van der Waals surface area contributed by atoms with Crippen LogP contribution in [0.3, 0.4) is 0 Å². The molecule has 3 fully saturated rings. The van der Waals surface area contributed by atoms with Gasteiger partial charge in [-0.25, -0.2) is 0 Å². The Morgan fingerprint density at radius 2 is 2.04 bits per heavy atom. The number of hydrogen-bond donors (Lipinski definition) is 2. The molecule has 0 saturated heterocycles. The number of carbonyl (C=O) groups excluding carboxylic acids is 1. The molecule has 0 bridgehead atoms. The SMILES string of the molecule is C=C[C@H]1CC[C@H]2[C@H]3[C@H]([C@H](O)C[C@]12C)[C@@]1(C)CC[C@@H](OC(C)=O)CC1=C[C@H]3O. The van der Waals surface area contributed by atoms with E-state index in [-0.39, 0.29) is 34.7 Å². The van der Waals surface area contributed by atoms with Gasteiger partial charge in [0.2, 0.25) is 0 Å². The van der Waals surface area contributed by atoms with Crippen molar-refractivity contribution in [1.82, 2.24) is 0 Å². The molecule has 4 nitrogen and oxygen atoms in total. The number of allylic oxidation sites excluding steroid dienone is 1. The average Bonchev–Trinajstić information content (AvgIpc) is 2.91. The summed E-state index contributed by atoms with van der Waals surface area (Å²) in [4.78, 5) is 11.4. The van der Waals surface area contributed by atoms with Gasteiger partial charge in [-0.05, 0) is 66.6 Å². The second-order valence-electron chi connectivity index (χ2n) is 9.98. The zero-order valence-electron chi connectivity index (χ0n) is 16.9. The van der Waals surface area contributed by atoms with E-state index in [0.717, 1.165) is 32.1 Å². The molecule has 0 amide bonds. The second-order valence-corrected chi connectivity index (χ2v) is 9.98. The Bertz CT molecular complexity index is 669. The Morgan fingerprint density at radius 3 is 2.70 bits per heavy atom. The van der Waals surface area contributed by atoms with E-state index in [0.29, 0.717) is 18.3 Å². The Labute approximate surface area is 162 Å². The van der Waals surface area contributed by atoms with Gasteiger partial charge in [0.1, 0.15) is 6.10 Å². The van der Waals surface area contributed by atoms with Crippen LogP contribution in [0.5, 0.6) is 0 Å². The largest absolute Gasteiger partial charge is 0.462 e. The molecule has 3 saturated carbocycles. The van der Waals surface area contributed by atoms with Crippen molar-refractivity contribution < 1.29 is 19.7 Å². The molecule has 4 aliphatic rings. The first-order valence-electron chi connectivity index (χ1n) is 10.6. The minimum absolute atomic E-state index is 0.0277. The number of hydrogen-bond acceptors (Lipinski definition) is 4. The summed E-state index contributed by atoms with van der Waals surface area (Å²) in [6.07, 6.45) is 8.47. The summed E-state index contributed by atoms with van der Waals surface area (Å²) in [5.41, 5.74) is 1.09. The molecule has 0 radical (unpaired) electrons. The summed E-state index contributed by atoms with van der Waals surface area (Å²) >= 11 is 0. The van der Waals surface area contributed by atoms with E-state index in [2.05, 4.69) is 26.5 Å². The summed E-state index contributed by atoms with van der Waals surface area (Å²) in [5.74, 6) is 0.774. The monoisotopic (exact) mass is 374 g/mol. The molecule has 9 atom stereocenters. The van der Waals surface area contributed by atoms with Crippen LogP contribution in [-0.2, 0) is 9.53 Å². The maximum atomic E-state index is 11.4. The Morgan fingerprint density at radius 1 is 1.30 bits per heavy atom. The van der Waals surface area contributed by atoms with Crippen molar-refractivity contribution in [2.24, 2.45) is 34.5 Å². The number of aliphatic hydroxyl groups is 2. The van der Waals surface area contributed by atoms with Gasteiger partial charge in [0.25, 0.3) is 0 Å². The third-order valence-corrected chi connectivity index (χ3v) is 8.71. The average molecular weight is 375 g/mol. The molecule has 27 heavy (non-hydrogen) atoms. The van der Waals surface area contributed by atoms with Gasteiger partial charge in [-0.1, -0.05) is 31.6 Å². The third-order valence-electron chi connectivity index (χ3n) is 8.71. The molecule has 2 N–H and O–H groups in total. The van der Waals surface area contributed by atoms with Gasteiger partial charge in [0, 0.05) is 13.3 Å². The maximum Gasteiger partial charge on any atom is 0.302 e. The summed E-state index contributed by atoms with van der Waals surface area (Å²) in [6, 6.07) is 0. The van der Waals surface area contributed by atoms with Crippen molar-refractivity contribution in [2.45, 2.75) is 77.6 Å². The lowest BCUT2D eigenvalue weighted by Gasteiger charge is -2.60. The number of aliphatic hydroxyl groups excluding tert-OH is 2. The highest BCUT2D eigenvalue weighted by Gasteiger charge is 2.63. The standard InChI is InChI=1S/C23H34O4/c1-5-14-6-7-17-20-18(25)11-15-10-16(27-13(2)24)8-9-22(15,3)21(20)19(26)12-23(14,17)4/h5,11,14,16-21,25-26H,1,6-10,12H2,2-4H3/t14-,16+,17-,18+,19+,20+,21-,22-,23+/m0/s1. The van der Waals surface area contributed by atoms with Gasteiger partial charge in [0.15, 0.2) is 0 Å². The fourth-order valence-electron chi connectivity index (χ4n) is 7.49. The van der Waals surface area contributed by atoms with Crippen LogP contribution in [0.25, 0.3) is 0 Å². The second kappa shape index (κ2) is 6.45. The molecule has 4 aliphatic carbocycles. The molecule has 0 spiro atoms. The molecular formula is C23H34O4. The van der Waals surface area contributed by atoms with Gasteiger partial charge in [-0.3, -0.25) is 4.79 Å². The van der Waals surface area contributed by atoms with E-state index in [1.165, 1.54) is 12.5 Å². The highest BCUT2D eigenvalue weighted by molar-refractivity contribution is 5.66. The van der Waals surface area contributed by atoms with Crippen LogP contribution in [0.15, 0.2) is 24.3 Å². The third kappa shape index (κ3) is 2.74. The molecule has 0 aromatic carbocycles. The Hall–Kier alpha value is -1.13. The summed E-state index contributed by atoms with van der Waals surface area (Å²) < 4.78 is 5.46. The summed E-state index contributed by atoms with van der Waals surface area (Å²) in [6.45, 7) is 10.1. The topological polar surface area (TPSA) is 66.8 Å². The van der Waals surface area contributed by atoms with E-state index >= 15 is 0 Å². The number of esters is 1. The Kier molecular flexibility index (Phi) is 4.59. The highest BCUT2D eigenvalue weighted by Crippen LogP contribution is 2.66. The van der Waals surface area contributed by atoms with E-state index in [1.54, 1.807) is 0 Å². The number of rotatable bonds is 2. The van der Waals surface area contributed by atoms with Crippen molar-refractivity contribution >= 4 is 5.97 Å².